The van der Waals surface area contributed by atoms with Crippen LogP contribution in [0.1, 0.15) is 31.9 Å². The molecule has 0 radical (unpaired) electrons. The highest BCUT2D eigenvalue weighted by Crippen LogP contribution is 2.51. The number of rotatable bonds is 3. The molecule has 2 aliphatic rings. The second kappa shape index (κ2) is 6.72. The fourth-order valence-electron chi connectivity index (χ4n) is 4.44. The van der Waals surface area contributed by atoms with Crippen molar-refractivity contribution in [2.45, 2.75) is 32.9 Å². The fraction of sp³-hybridized carbons (Fsp3) is 0.348. The lowest BCUT2D eigenvalue weighted by atomic mass is 9.82. The zero-order valence-electron chi connectivity index (χ0n) is 17.3. The molecule has 2 aromatic carbocycles. The Balaban J connectivity index is 1.95. The highest BCUT2D eigenvalue weighted by molar-refractivity contribution is 5.93. The molecule has 0 fully saturated rings. The first-order valence-electron chi connectivity index (χ1n) is 9.51. The van der Waals surface area contributed by atoms with Crippen molar-refractivity contribution in [1.29, 1.82) is 0 Å². The van der Waals surface area contributed by atoms with Gasteiger partial charge in [0.2, 0.25) is 0 Å². The summed E-state index contributed by atoms with van der Waals surface area (Å²) in [5.41, 5.74) is 5.50. The van der Waals surface area contributed by atoms with Gasteiger partial charge in [0.05, 0.1) is 25.3 Å². The van der Waals surface area contributed by atoms with Crippen LogP contribution in [0.5, 0.6) is 17.2 Å². The minimum Gasteiger partial charge on any atom is -0.504 e. The van der Waals surface area contributed by atoms with Gasteiger partial charge in [0.25, 0.3) is 0 Å². The zero-order chi connectivity index (χ0) is 20.9. The van der Waals surface area contributed by atoms with Crippen LogP contribution in [-0.2, 0) is 16.1 Å². The van der Waals surface area contributed by atoms with Gasteiger partial charge in [-0.25, -0.2) is 0 Å². The number of benzene rings is 2. The van der Waals surface area contributed by atoms with Gasteiger partial charge in [-0.3, -0.25) is 4.79 Å². The van der Waals surface area contributed by atoms with E-state index >= 15 is 0 Å². The summed E-state index contributed by atoms with van der Waals surface area (Å²) >= 11 is 0. The Labute approximate surface area is 170 Å². The van der Waals surface area contributed by atoms with Gasteiger partial charge in [0, 0.05) is 16.8 Å². The first-order chi connectivity index (χ1) is 13.8. The molecule has 0 spiro atoms. The standard InChI is InChI=1S/C23H25NO5/c1-13-10-23(2,3)24(11-19(26)27-4)16-7-6-14-15(20(13)16)12-29-18-9-8-17(25)22(28-5)21(14)18/h6-10,25H,11-12H2,1-5H3. The van der Waals surface area contributed by atoms with Crippen LogP contribution in [0.25, 0.3) is 16.7 Å². The maximum absolute atomic E-state index is 12.1. The molecule has 6 heteroatoms. The largest absolute Gasteiger partial charge is 0.504 e. The summed E-state index contributed by atoms with van der Waals surface area (Å²) in [6.07, 6.45) is 2.16. The number of carbonyl (C=O) groups excluding carboxylic acids is 1. The number of nitrogens with zero attached hydrogens (tertiary/aromatic N) is 1. The molecule has 0 saturated carbocycles. The van der Waals surface area contributed by atoms with E-state index in [1.54, 1.807) is 12.1 Å². The predicted molar refractivity (Wildman–Crippen MR) is 112 cm³/mol. The van der Waals surface area contributed by atoms with Crippen molar-refractivity contribution < 1.29 is 24.1 Å². The smallest absolute Gasteiger partial charge is 0.325 e. The summed E-state index contributed by atoms with van der Waals surface area (Å²) in [6.45, 7) is 6.78. The molecule has 6 nitrogen and oxygen atoms in total. The van der Waals surface area contributed by atoms with E-state index in [1.807, 2.05) is 12.1 Å². The summed E-state index contributed by atoms with van der Waals surface area (Å²) in [6, 6.07) is 7.36. The maximum Gasteiger partial charge on any atom is 0.325 e. The summed E-state index contributed by atoms with van der Waals surface area (Å²) in [5, 5.41) is 10.3. The molecule has 4 rings (SSSR count). The van der Waals surface area contributed by atoms with Crippen molar-refractivity contribution in [1.82, 2.24) is 0 Å². The van der Waals surface area contributed by atoms with E-state index in [0.717, 1.165) is 33.5 Å². The minimum absolute atomic E-state index is 0.0705. The van der Waals surface area contributed by atoms with Gasteiger partial charge >= 0.3 is 5.97 Å². The Morgan fingerprint density at radius 2 is 1.97 bits per heavy atom. The third-order valence-electron chi connectivity index (χ3n) is 5.70. The van der Waals surface area contributed by atoms with Crippen molar-refractivity contribution in [3.8, 4) is 28.4 Å². The Morgan fingerprint density at radius 1 is 1.21 bits per heavy atom. The predicted octanol–water partition coefficient (Wildman–Crippen LogP) is 4.14. The Kier molecular flexibility index (Phi) is 4.45. The van der Waals surface area contributed by atoms with Crippen LogP contribution in [0.2, 0.25) is 0 Å². The number of hydrogen-bond donors (Lipinski definition) is 1. The molecule has 2 aromatic rings. The van der Waals surface area contributed by atoms with E-state index in [-0.39, 0.29) is 23.8 Å². The lowest BCUT2D eigenvalue weighted by Gasteiger charge is -2.43. The molecule has 0 unspecified atom stereocenters. The molecular formula is C23H25NO5. The van der Waals surface area contributed by atoms with Gasteiger partial charge in [-0.2, -0.15) is 0 Å². The number of hydrogen-bond acceptors (Lipinski definition) is 6. The quantitative estimate of drug-likeness (QED) is 0.788. The van der Waals surface area contributed by atoms with Crippen molar-refractivity contribution in [2.24, 2.45) is 0 Å². The molecule has 29 heavy (non-hydrogen) atoms. The number of allylic oxidation sites excluding steroid dienone is 1. The van der Waals surface area contributed by atoms with Crippen LogP contribution in [0.3, 0.4) is 0 Å². The summed E-state index contributed by atoms with van der Waals surface area (Å²) < 4.78 is 16.4. The van der Waals surface area contributed by atoms with Crippen molar-refractivity contribution in [2.75, 3.05) is 25.7 Å². The van der Waals surface area contributed by atoms with Gasteiger partial charge < -0.3 is 24.2 Å². The number of phenols is 1. The third-order valence-corrected chi connectivity index (χ3v) is 5.70. The molecular weight excluding hydrogens is 370 g/mol. The van der Waals surface area contributed by atoms with Crippen LogP contribution in [-0.4, -0.2) is 37.4 Å². The van der Waals surface area contributed by atoms with Crippen molar-refractivity contribution >= 4 is 17.2 Å². The topological polar surface area (TPSA) is 68.2 Å². The van der Waals surface area contributed by atoms with Gasteiger partial charge in [-0.05, 0) is 50.1 Å². The highest BCUT2D eigenvalue weighted by Gasteiger charge is 2.36. The number of esters is 1. The van der Waals surface area contributed by atoms with Crippen molar-refractivity contribution in [3.05, 3.63) is 41.5 Å². The number of methoxy groups -OCH3 is 2. The van der Waals surface area contributed by atoms with Crippen LogP contribution < -0.4 is 14.4 Å². The third kappa shape index (κ3) is 2.90. The second-order valence-corrected chi connectivity index (χ2v) is 7.91. The molecule has 2 aliphatic heterocycles. The molecule has 1 N–H and O–H groups in total. The number of carbonyl (C=O) groups is 1. The van der Waals surface area contributed by atoms with E-state index in [0.29, 0.717) is 18.1 Å². The number of phenolic OH excluding ortho intramolecular Hbond substituents is 1. The van der Waals surface area contributed by atoms with Gasteiger partial charge in [0.15, 0.2) is 11.5 Å². The minimum atomic E-state index is -0.344. The molecule has 0 bridgehead atoms. The first kappa shape index (κ1) is 19.2. The number of fused-ring (bicyclic) bond motifs is 5. The Bertz CT molecular complexity index is 1040. The average molecular weight is 395 g/mol. The molecule has 0 atom stereocenters. The summed E-state index contributed by atoms with van der Waals surface area (Å²) in [4.78, 5) is 14.1. The van der Waals surface area contributed by atoms with Crippen LogP contribution in [0.15, 0.2) is 30.3 Å². The normalized spacial score (nSPS) is 16.0. The lowest BCUT2D eigenvalue weighted by molar-refractivity contribution is -0.139. The van der Waals surface area contributed by atoms with Crippen LogP contribution in [0.4, 0.5) is 5.69 Å². The Morgan fingerprint density at radius 3 is 2.66 bits per heavy atom. The SMILES string of the molecule is COC(=O)CN1c2ccc3c(c2C(C)=CC1(C)C)COc1ccc(O)c(OC)c1-3. The summed E-state index contributed by atoms with van der Waals surface area (Å²) in [5.74, 6) is 0.855. The monoisotopic (exact) mass is 395 g/mol. The molecule has 0 amide bonds. The molecule has 0 aliphatic carbocycles. The van der Waals surface area contributed by atoms with E-state index in [1.165, 1.54) is 14.2 Å². The van der Waals surface area contributed by atoms with E-state index in [9.17, 15) is 9.90 Å². The van der Waals surface area contributed by atoms with Gasteiger partial charge in [-0.1, -0.05) is 12.1 Å². The maximum atomic E-state index is 12.1. The number of aromatic hydroxyl groups is 1. The summed E-state index contributed by atoms with van der Waals surface area (Å²) in [7, 11) is 2.94. The Hall–Kier alpha value is -3.15. The molecule has 0 saturated heterocycles. The van der Waals surface area contributed by atoms with Gasteiger partial charge in [-0.15, -0.1) is 0 Å². The van der Waals surface area contributed by atoms with E-state index in [4.69, 9.17) is 14.2 Å². The molecule has 152 valence electrons. The first-order valence-corrected chi connectivity index (χ1v) is 9.51. The highest BCUT2D eigenvalue weighted by atomic mass is 16.5. The zero-order valence-corrected chi connectivity index (χ0v) is 17.3. The lowest BCUT2D eigenvalue weighted by Crippen LogP contribution is -2.48. The number of ether oxygens (including phenoxy) is 3. The van der Waals surface area contributed by atoms with Crippen molar-refractivity contribution in [3.63, 3.8) is 0 Å². The van der Waals surface area contributed by atoms with Crippen LogP contribution in [0, 0.1) is 0 Å². The van der Waals surface area contributed by atoms with Crippen LogP contribution >= 0.6 is 0 Å². The fourth-order valence-corrected chi connectivity index (χ4v) is 4.44. The van der Waals surface area contributed by atoms with E-state index < -0.39 is 0 Å². The molecule has 0 aromatic heterocycles. The molecule has 2 heterocycles. The van der Waals surface area contributed by atoms with Gasteiger partial charge in [0.1, 0.15) is 18.9 Å². The average Bonchev–Trinajstić information content (AvgIpc) is 2.69. The number of anilines is 1. The second-order valence-electron chi connectivity index (χ2n) is 7.91. The van der Waals surface area contributed by atoms with E-state index in [2.05, 4.69) is 31.7 Å².